The van der Waals surface area contributed by atoms with Gasteiger partial charge in [-0.1, -0.05) is 30.7 Å². The molecule has 2 heterocycles. The molecule has 0 atom stereocenters. The highest BCUT2D eigenvalue weighted by molar-refractivity contribution is 6.33. The van der Waals surface area contributed by atoms with Crippen LogP contribution in [0.3, 0.4) is 0 Å². The lowest BCUT2D eigenvalue weighted by atomic mass is 10.0. The summed E-state index contributed by atoms with van der Waals surface area (Å²) in [6, 6.07) is 11.0. The third-order valence-electron chi connectivity index (χ3n) is 4.97. The highest BCUT2D eigenvalue weighted by atomic mass is 35.5. The summed E-state index contributed by atoms with van der Waals surface area (Å²) in [5.74, 6) is -0.107. The fraction of sp³-hybridized carbons (Fsp3) is 0.400. The molecule has 1 aliphatic rings. The Balaban J connectivity index is 1.63. The molecule has 1 aromatic carbocycles. The van der Waals surface area contributed by atoms with E-state index in [-0.39, 0.29) is 18.5 Å². The standard InChI is InChI=1S/C20H23ClN2O4/c1-2-22(13-19(24)25)14-9-11-23(12-10-14)20(26)18-8-7-17(27-18)15-5-3-4-6-16(15)21/h3-8,14H,2,9-13H2,1H3,(H,24,25). The molecule has 0 unspecified atom stereocenters. The minimum Gasteiger partial charge on any atom is -0.480 e. The van der Waals surface area contributed by atoms with E-state index < -0.39 is 5.97 Å². The third kappa shape index (κ3) is 4.51. The van der Waals surface area contributed by atoms with E-state index in [1.807, 2.05) is 30.0 Å². The van der Waals surface area contributed by atoms with Gasteiger partial charge in [0.25, 0.3) is 5.91 Å². The van der Waals surface area contributed by atoms with Gasteiger partial charge < -0.3 is 14.4 Å². The minimum atomic E-state index is -0.821. The van der Waals surface area contributed by atoms with Gasteiger partial charge in [0.15, 0.2) is 5.76 Å². The van der Waals surface area contributed by atoms with Crippen LogP contribution in [0.4, 0.5) is 0 Å². The van der Waals surface area contributed by atoms with E-state index in [1.54, 1.807) is 23.1 Å². The van der Waals surface area contributed by atoms with Crippen molar-refractivity contribution < 1.29 is 19.1 Å². The lowest BCUT2D eigenvalue weighted by molar-refractivity contribution is -0.139. The lowest BCUT2D eigenvalue weighted by Gasteiger charge is -2.37. The van der Waals surface area contributed by atoms with Crippen molar-refractivity contribution in [2.45, 2.75) is 25.8 Å². The van der Waals surface area contributed by atoms with Gasteiger partial charge >= 0.3 is 5.97 Å². The van der Waals surface area contributed by atoms with Gasteiger partial charge in [-0.3, -0.25) is 14.5 Å². The van der Waals surface area contributed by atoms with Crippen molar-refractivity contribution in [3.05, 3.63) is 47.2 Å². The monoisotopic (exact) mass is 390 g/mol. The maximum absolute atomic E-state index is 12.7. The van der Waals surface area contributed by atoms with E-state index in [2.05, 4.69) is 0 Å². The molecule has 27 heavy (non-hydrogen) atoms. The SMILES string of the molecule is CCN(CC(=O)O)C1CCN(C(=O)c2ccc(-c3ccccc3Cl)o2)CC1. The Kier molecular flexibility index (Phi) is 6.19. The number of aliphatic carboxylic acids is 1. The van der Waals surface area contributed by atoms with Crippen molar-refractivity contribution in [2.75, 3.05) is 26.2 Å². The number of hydrogen-bond acceptors (Lipinski definition) is 4. The summed E-state index contributed by atoms with van der Waals surface area (Å²) in [7, 11) is 0. The number of piperidine rings is 1. The van der Waals surface area contributed by atoms with Crippen LogP contribution in [0.5, 0.6) is 0 Å². The summed E-state index contributed by atoms with van der Waals surface area (Å²) in [6.45, 7) is 3.85. The zero-order valence-corrected chi connectivity index (χ0v) is 16.0. The van der Waals surface area contributed by atoms with Crippen molar-refractivity contribution >= 4 is 23.5 Å². The van der Waals surface area contributed by atoms with Crippen LogP contribution in [-0.4, -0.2) is 59.0 Å². The molecule has 1 N–H and O–H groups in total. The summed E-state index contributed by atoms with van der Waals surface area (Å²) in [5.41, 5.74) is 0.754. The van der Waals surface area contributed by atoms with Crippen molar-refractivity contribution in [3.63, 3.8) is 0 Å². The number of carbonyl (C=O) groups excluding carboxylic acids is 1. The number of carboxylic acids is 1. The summed E-state index contributed by atoms with van der Waals surface area (Å²) in [6.07, 6.45) is 1.51. The van der Waals surface area contributed by atoms with Gasteiger partial charge in [-0.25, -0.2) is 0 Å². The van der Waals surface area contributed by atoms with Crippen LogP contribution in [0.25, 0.3) is 11.3 Å². The quantitative estimate of drug-likeness (QED) is 0.815. The fourth-order valence-electron chi connectivity index (χ4n) is 3.52. The number of benzene rings is 1. The second kappa shape index (κ2) is 8.59. The maximum atomic E-state index is 12.7. The van der Waals surface area contributed by atoms with Gasteiger partial charge in [0.05, 0.1) is 11.6 Å². The molecule has 2 aromatic rings. The smallest absolute Gasteiger partial charge is 0.317 e. The number of nitrogens with zero attached hydrogens (tertiary/aromatic N) is 2. The number of halogens is 1. The van der Waals surface area contributed by atoms with Crippen LogP contribution in [0.2, 0.25) is 5.02 Å². The Morgan fingerprint density at radius 3 is 2.56 bits per heavy atom. The lowest BCUT2D eigenvalue weighted by Crippen LogP contribution is -2.48. The van der Waals surface area contributed by atoms with Crippen molar-refractivity contribution in [2.24, 2.45) is 0 Å². The largest absolute Gasteiger partial charge is 0.480 e. The molecule has 3 rings (SSSR count). The van der Waals surface area contributed by atoms with Gasteiger partial charge in [0.1, 0.15) is 5.76 Å². The first-order valence-electron chi connectivity index (χ1n) is 9.09. The number of furan rings is 1. The van der Waals surface area contributed by atoms with Crippen molar-refractivity contribution in [3.8, 4) is 11.3 Å². The van der Waals surface area contributed by atoms with Gasteiger partial charge in [-0.05, 0) is 43.7 Å². The average Bonchev–Trinajstić information content (AvgIpc) is 3.16. The molecule has 144 valence electrons. The highest BCUT2D eigenvalue weighted by Crippen LogP contribution is 2.29. The predicted octanol–water partition coefficient (Wildman–Crippen LogP) is 3.61. The Morgan fingerprint density at radius 1 is 1.22 bits per heavy atom. The van der Waals surface area contributed by atoms with Crippen LogP contribution in [-0.2, 0) is 4.79 Å². The molecule has 0 bridgehead atoms. The number of likely N-dealkylation sites (N-methyl/N-ethyl adjacent to an activating group) is 1. The van der Waals surface area contributed by atoms with E-state index >= 15 is 0 Å². The van der Waals surface area contributed by atoms with Crippen LogP contribution < -0.4 is 0 Å². The maximum Gasteiger partial charge on any atom is 0.317 e. The van der Waals surface area contributed by atoms with Crippen LogP contribution in [0.15, 0.2) is 40.8 Å². The van der Waals surface area contributed by atoms with E-state index in [0.717, 1.165) is 18.4 Å². The average molecular weight is 391 g/mol. The number of likely N-dealkylation sites (tertiary alicyclic amines) is 1. The number of hydrogen-bond donors (Lipinski definition) is 1. The summed E-state index contributed by atoms with van der Waals surface area (Å²) in [4.78, 5) is 27.4. The first-order valence-corrected chi connectivity index (χ1v) is 9.47. The van der Waals surface area contributed by atoms with Crippen LogP contribution >= 0.6 is 11.6 Å². The molecule has 0 aliphatic carbocycles. The molecule has 0 radical (unpaired) electrons. The zero-order chi connectivity index (χ0) is 19.4. The predicted molar refractivity (Wildman–Crippen MR) is 103 cm³/mol. The van der Waals surface area contributed by atoms with Gasteiger partial charge in [-0.15, -0.1) is 0 Å². The van der Waals surface area contributed by atoms with Crippen molar-refractivity contribution in [1.82, 2.24) is 9.80 Å². The van der Waals surface area contributed by atoms with E-state index in [4.69, 9.17) is 21.1 Å². The third-order valence-corrected chi connectivity index (χ3v) is 5.30. The number of carboxylic acid groups (broad SMARTS) is 1. The van der Waals surface area contributed by atoms with Crippen molar-refractivity contribution in [1.29, 1.82) is 0 Å². The number of amides is 1. The number of carbonyl (C=O) groups is 2. The Bertz CT molecular complexity index is 812. The normalized spacial score (nSPS) is 15.3. The van der Waals surface area contributed by atoms with E-state index in [9.17, 15) is 9.59 Å². The Morgan fingerprint density at radius 2 is 1.93 bits per heavy atom. The van der Waals surface area contributed by atoms with Gasteiger partial charge in [0.2, 0.25) is 0 Å². The van der Waals surface area contributed by atoms with Gasteiger partial charge in [0, 0.05) is 24.7 Å². The van der Waals surface area contributed by atoms with Crippen LogP contribution in [0.1, 0.15) is 30.3 Å². The van der Waals surface area contributed by atoms with Gasteiger partial charge in [-0.2, -0.15) is 0 Å². The fourth-order valence-corrected chi connectivity index (χ4v) is 3.75. The second-order valence-corrected chi connectivity index (χ2v) is 7.03. The first-order chi connectivity index (χ1) is 13.0. The summed E-state index contributed by atoms with van der Waals surface area (Å²) < 4.78 is 5.75. The molecule has 1 saturated heterocycles. The molecular weight excluding hydrogens is 368 g/mol. The Hall–Kier alpha value is -2.31. The molecule has 1 aromatic heterocycles. The minimum absolute atomic E-state index is 0.0362. The molecule has 6 nitrogen and oxygen atoms in total. The van der Waals surface area contributed by atoms with E-state index in [0.29, 0.717) is 36.2 Å². The van der Waals surface area contributed by atoms with E-state index in [1.165, 1.54) is 0 Å². The molecule has 0 saturated carbocycles. The van der Waals surface area contributed by atoms with Crippen LogP contribution in [0, 0.1) is 0 Å². The Labute approximate surface area is 163 Å². The molecule has 1 aliphatic heterocycles. The highest BCUT2D eigenvalue weighted by Gasteiger charge is 2.29. The zero-order valence-electron chi connectivity index (χ0n) is 15.2. The summed E-state index contributed by atoms with van der Waals surface area (Å²) in [5, 5.41) is 9.60. The molecular formula is C20H23ClN2O4. The summed E-state index contributed by atoms with van der Waals surface area (Å²) >= 11 is 6.19. The number of rotatable bonds is 6. The molecule has 0 spiro atoms. The second-order valence-electron chi connectivity index (χ2n) is 6.62. The molecule has 7 heteroatoms. The topological polar surface area (TPSA) is 74.0 Å². The first kappa shape index (κ1) is 19.5. The molecule has 1 fully saturated rings. The molecule has 1 amide bonds.